The lowest BCUT2D eigenvalue weighted by atomic mass is 9.80. The number of oxazole rings is 2. The minimum atomic E-state index is -1.04. The molecular weight excluding hydrogens is 708 g/mol. The third kappa shape index (κ3) is 11.4. The molecule has 2 saturated heterocycles. The van der Waals surface area contributed by atoms with Crippen molar-refractivity contribution in [3.8, 4) is 0 Å². The summed E-state index contributed by atoms with van der Waals surface area (Å²) in [5.74, 6) is -1.95. The Labute approximate surface area is 320 Å². The van der Waals surface area contributed by atoms with Crippen molar-refractivity contribution in [3.05, 3.63) is 115 Å². The summed E-state index contributed by atoms with van der Waals surface area (Å²) < 4.78 is 39.8. The molecule has 55 heavy (non-hydrogen) atoms. The molecule has 3 aliphatic heterocycles. The summed E-state index contributed by atoms with van der Waals surface area (Å²) in [7, 11) is 1.55. The second-order valence-electron chi connectivity index (χ2n) is 13.9. The predicted molar refractivity (Wildman–Crippen MR) is 201 cm³/mol. The van der Waals surface area contributed by atoms with Gasteiger partial charge in [-0.3, -0.25) is 9.59 Å². The van der Waals surface area contributed by atoms with Crippen molar-refractivity contribution in [1.82, 2.24) is 9.97 Å². The first-order valence-electron chi connectivity index (χ1n) is 18.3. The summed E-state index contributed by atoms with van der Waals surface area (Å²) in [6.45, 7) is 8.68. The van der Waals surface area contributed by atoms with Gasteiger partial charge in [0, 0.05) is 26.0 Å². The Morgan fingerprint density at radius 1 is 0.818 bits per heavy atom. The largest absolute Gasteiger partial charge is 0.456 e. The normalized spacial score (nSPS) is 30.2. The van der Waals surface area contributed by atoms with Crippen LogP contribution in [0.5, 0.6) is 0 Å². The van der Waals surface area contributed by atoms with E-state index in [0.29, 0.717) is 0 Å². The number of carbonyl (C=O) groups excluding carboxylic acids is 4. The third-order valence-electron chi connectivity index (χ3n) is 9.43. The highest BCUT2D eigenvalue weighted by Gasteiger charge is 2.39. The van der Waals surface area contributed by atoms with Crippen LogP contribution in [0.4, 0.5) is 0 Å². The second kappa shape index (κ2) is 18.9. The van der Waals surface area contributed by atoms with E-state index in [1.807, 2.05) is 42.5 Å². The molecule has 13 nitrogen and oxygen atoms in total. The van der Waals surface area contributed by atoms with Crippen molar-refractivity contribution in [2.75, 3.05) is 7.11 Å². The number of ketones is 2. The molecule has 0 amide bonds. The van der Waals surface area contributed by atoms with Gasteiger partial charge in [0.25, 0.3) is 0 Å². The lowest BCUT2D eigenvalue weighted by Crippen LogP contribution is -2.39. The van der Waals surface area contributed by atoms with Crippen LogP contribution >= 0.6 is 0 Å². The molecule has 5 rings (SSSR count). The van der Waals surface area contributed by atoms with Crippen LogP contribution in [0.15, 0.2) is 100 Å². The lowest BCUT2D eigenvalue weighted by molar-refractivity contribution is -0.128. The number of rotatable bonds is 7. The van der Waals surface area contributed by atoms with Gasteiger partial charge in [-0.15, -0.1) is 0 Å². The van der Waals surface area contributed by atoms with Crippen LogP contribution in [-0.2, 0) is 39.7 Å². The smallest absolute Gasteiger partial charge is 0.360 e. The predicted octanol–water partition coefficient (Wildman–Crippen LogP) is 6.49. The van der Waals surface area contributed by atoms with Crippen LogP contribution < -0.4 is 0 Å². The Balaban J connectivity index is 1.35. The van der Waals surface area contributed by atoms with Gasteiger partial charge in [-0.05, 0) is 39.8 Å². The molecule has 4 bridgehead atoms. The summed E-state index contributed by atoms with van der Waals surface area (Å²) in [6.07, 6.45) is 24.5. The molecule has 3 aliphatic rings. The van der Waals surface area contributed by atoms with Crippen molar-refractivity contribution in [3.63, 3.8) is 0 Å². The SMILES string of the molecule is C/C=C/C(=O)C(C)[C@@H]1C/C=C\C2OC2/C=C/[C@H](OC)Cc2nc(co2)C(=O)O[C@H](C(C)(C)C(=O)/C=C/C)C/C=C\[C@H]2O[C@H]2/C=C/C=C\c2nc(co2)C(=O)O1. The number of hydrogen-bond donors (Lipinski definition) is 0. The molecule has 8 atom stereocenters. The maximum absolute atomic E-state index is 13.3. The average Bonchev–Trinajstić information content (AvgIpc) is 3.96. The van der Waals surface area contributed by atoms with Crippen LogP contribution in [0.1, 0.15) is 80.2 Å². The Morgan fingerprint density at radius 2 is 1.45 bits per heavy atom. The van der Waals surface area contributed by atoms with Crippen LogP contribution in [-0.4, -0.2) is 83.3 Å². The highest BCUT2D eigenvalue weighted by atomic mass is 16.6. The molecule has 0 saturated carbocycles. The number of hydrogen-bond acceptors (Lipinski definition) is 13. The zero-order chi connectivity index (χ0) is 39.5. The first-order chi connectivity index (χ1) is 26.4. The Morgan fingerprint density at radius 3 is 2.16 bits per heavy atom. The molecule has 5 heterocycles. The highest BCUT2D eigenvalue weighted by molar-refractivity contribution is 5.95. The van der Waals surface area contributed by atoms with E-state index in [1.165, 1.54) is 24.7 Å². The molecule has 3 unspecified atom stereocenters. The van der Waals surface area contributed by atoms with E-state index < -0.39 is 41.6 Å². The monoisotopic (exact) mass is 756 g/mol. The quantitative estimate of drug-likeness (QED) is 0.130. The fourth-order valence-electron chi connectivity index (χ4n) is 5.73. The number of epoxide rings is 2. The van der Waals surface area contributed by atoms with E-state index in [2.05, 4.69) is 9.97 Å². The Hall–Kier alpha value is -5.24. The number of allylic oxidation sites excluding steroid dienone is 6. The molecule has 0 radical (unpaired) electrons. The first kappa shape index (κ1) is 40.9. The van der Waals surface area contributed by atoms with Gasteiger partial charge >= 0.3 is 11.9 Å². The molecule has 0 N–H and O–H groups in total. The second-order valence-corrected chi connectivity index (χ2v) is 13.9. The van der Waals surface area contributed by atoms with E-state index in [0.717, 1.165) is 0 Å². The van der Waals surface area contributed by atoms with E-state index in [4.69, 9.17) is 32.5 Å². The lowest BCUT2D eigenvalue weighted by Gasteiger charge is -2.30. The number of esters is 2. The fourth-order valence-corrected chi connectivity index (χ4v) is 5.73. The van der Waals surface area contributed by atoms with E-state index in [9.17, 15) is 19.2 Å². The van der Waals surface area contributed by atoms with Crippen molar-refractivity contribution in [2.24, 2.45) is 11.3 Å². The molecule has 0 spiro atoms. The van der Waals surface area contributed by atoms with Crippen LogP contribution in [0.3, 0.4) is 0 Å². The summed E-state index contributed by atoms with van der Waals surface area (Å²) >= 11 is 0. The molecule has 0 aliphatic carbocycles. The standard InChI is InChI=1S/C42H48N2O11/c1-7-13-30(45)26(3)31-16-11-17-34-35(53-34)22-21-27(49-6)23-39-44-29(25-51-39)41(48)55-37(42(4,5)36(46)14-8-2)19-12-18-33-32(52-33)15-9-10-20-38-43-28(24-50-38)40(47)54-31/h7-15,17-18,20-22,24-27,31-35,37H,16,19,23H2,1-6H3/b13-7+,14-8+,15-9+,17-11-,18-12-,20-10-,22-21+/t26?,27-,31-,32-,33+,34?,35?,37-/m0/s1. The maximum Gasteiger partial charge on any atom is 0.360 e. The summed E-state index contributed by atoms with van der Waals surface area (Å²) in [5, 5.41) is 0. The average molecular weight is 757 g/mol. The number of carbonyl (C=O) groups is 4. The van der Waals surface area contributed by atoms with Gasteiger partial charge in [0.05, 0.1) is 23.9 Å². The van der Waals surface area contributed by atoms with Gasteiger partial charge in [-0.25, -0.2) is 19.6 Å². The van der Waals surface area contributed by atoms with Crippen LogP contribution in [0.2, 0.25) is 0 Å². The van der Waals surface area contributed by atoms with Crippen molar-refractivity contribution in [2.45, 2.75) is 96.6 Å². The Bertz CT molecular complexity index is 1890. The van der Waals surface area contributed by atoms with Gasteiger partial charge in [0.2, 0.25) is 5.89 Å². The summed E-state index contributed by atoms with van der Waals surface area (Å²) in [5.41, 5.74) is -1.09. The Kier molecular flexibility index (Phi) is 14.0. The van der Waals surface area contributed by atoms with E-state index in [1.54, 1.807) is 72.1 Å². The van der Waals surface area contributed by atoms with Gasteiger partial charge in [0.1, 0.15) is 49.2 Å². The number of nitrogens with zero attached hydrogens (tertiary/aromatic N) is 2. The topological polar surface area (TPSA) is 173 Å². The zero-order valence-electron chi connectivity index (χ0n) is 31.9. The van der Waals surface area contributed by atoms with Crippen molar-refractivity contribution < 1.29 is 51.7 Å². The number of ether oxygens (including phenoxy) is 5. The van der Waals surface area contributed by atoms with Gasteiger partial charge in [-0.1, -0.05) is 73.8 Å². The molecule has 2 aromatic rings. The summed E-state index contributed by atoms with van der Waals surface area (Å²) in [6, 6.07) is 0. The molecule has 13 heteroatoms. The molecule has 0 aromatic carbocycles. The number of fused-ring (bicyclic) bond motifs is 6. The number of aromatic nitrogens is 2. The first-order valence-corrected chi connectivity index (χ1v) is 18.3. The third-order valence-corrected chi connectivity index (χ3v) is 9.43. The number of cyclic esters (lactones) is 2. The molecule has 292 valence electrons. The van der Waals surface area contributed by atoms with E-state index in [-0.39, 0.29) is 78.4 Å². The number of methoxy groups -OCH3 is 1. The van der Waals surface area contributed by atoms with Gasteiger partial charge in [0.15, 0.2) is 28.8 Å². The van der Waals surface area contributed by atoms with E-state index >= 15 is 0 Å². The van der Waals surface area contributed by atoms with Gasteiger partial charge < -0.3 is 32.5 Å². The zero-order valence-corrected chi connectivity index (χ0v) is 31.9. The molecule has 2 aromatic heterocycles. The minimum Gasteiger partial charge on any atom is -0.456 e. The van der Waals surface area contributed by atoms with Crippen LogP contribution in [0, 0.1) is 11.3 Å². The van der Waals surface area contributed by atoms with Crippen molar-refractivity contribution >= 4 is 29.6 Å². The fraction of sp³-hybridized carbons (Fsp3) is 0.429. The molecular formula is C42H48N2O11. The molecule has 2 fully saturated rings. The summed E-state index contributed by atoms with van der Waals surface area (Å²) in [4.78, 5) is 60.7. The minimum absolute atomic E-state index is 0.0250. The highest BCUT2D eigenvalue weighted by Crippen LogP contribution is 2.31. The van der Waals surface area contributed by atoms with Gasteiger partial charge in [-0.2, -0.15) is 0 Å². The van der Waals surface area contributed by atoms with Crippen molar-refractivity contribution in [1.29, 1.82) is 0 Å². The van der Waals surface area contributed by atoms with Crippen LogP contribution in [0.25, 0.3) is 6.08 Å². The maximum atomic E-state index is 13.3.